The van der Waals surface area contributed by atoms with Crippen LogP contribution in [0.4, 0.5) is 4.39 Å². The van der Waals surface area contributed by atoms with Gasteiger partial charge in [-0.15, -0.1) is 0 Å². The van der Waals surface area contributed by atoms with Crippen molar-refractivity contribution in [2.75, 3.05) is 0 Å². The number of nitrogens with one attached hydrogen (secondary N) is 1. The standard InChI is InChI=1S/C22H15FN4O/c1-13-8-17(4-5-19(13)23)27-21(28)7-3-15-10-24-20-6-2-14(9-18(20)22(15)27)16-11-25-26-12-16/h2-12H,1H3,(H,25,26). The number of halogens is 1. The third-order valence-corrected chi connectivity index (χ3v) is 4.95. The molecule has 0 spiro atoms. The van der Waals surface area contributed by atoms with Gasteiger partial charge in [-0.05, 0) is 54.4 Å². The van der Waals surface area contributed by atoms with E-state index in [1.54, 1.807) is 42.1 Å². The molecule has 0 bridgehead atoms. The number of nitrogens with zero attached hydrogens (tertiary/aromatic N) is 3. The SMILES string of the molecule is Cc1cc(-n2c(=O)ccc3cnc4ccc(-c5cn[nH]c5)cc4c32)ccc1F. The third kappa shape index (κ3) is 2.50. The fourth-order valence-corrected chi connectivity index (χ4v) is 3.52. The molecule has 0 radical (unpaired) electrons. The predicted molar refractivity (Wildman–Crippen MR) is 107 cm³/mol. The van der Waals surface area contributed by atoms with Crippen LogP contribution >= 0.6 is 0 Å². The van der Waals surface area contributed by atoms with Gasteiger partial charge in [-0.3, -0.25) is 19.4 Å². The third-order valence-electron chi connectivity index (χ3n) is 4.95. The maximum atomic E-state index is 13.8. The number of hydrogen-bond donors (Lipinski definition) is 1. The van der Waals surface area contributed by atoms with Crippen LogP contribution in [0.25, 0.3) is 38.6 Å². The summed E-state index contributed by atoms with van der Waals surface area (Å²) in [5.74, 6) is -0.300. The monoisotopic (exact) mass is 370 g/mol. The van der Waals surface area contributed by atoms with Crippen LogP contribution in [0, 0.1) is 12.7 Å². The van der Waals surface area contributed by atoms with Crippen molar-refractivity contribution >= 4 is 21.8 Å². The Morgan fingerprint density at radius 1 is 1.00 bits per heavy atom. The molecular weight excluding hydrogens is 355 g/mol. The molecule has 0 aliphatic rings. The summed E-state index contributed by atoms with van der Waals surface area (Å²) in [5, 5.41) is 8.50. The Morgan fingerprint density at radius 2 is 1.89 bits per heavy atom. The number of rotatable bonds is 2. The largest absolute Gasteiger partial charge is 0.285 e. The van der Waals surface area contributed by atoms with Crippen molar-refractivity contribution in [3.05, 3.63) is 88.9 Å². The Kier molecular flexibility index (Phi) is 3.58. The Hall–Kier alpha value is -3.80. The van der Waals surface area contributed by atoms with Crippen molar-refractivity contribution in [1.82, 2.24) is 19.7 Å². The van der Waals surface area contributed by atoms with E-state index in [2.05, 4.69) is 15.2 Å². The van der Waals surface area contributed by atoms with E-state index >= 15 is 0 Å². The smallest absolute Gasteiger partial charge is 0.255 e. The highest BCUT2D eigenvalue weighted by Crippen LogP contribution is 2.29. The second-order valence-corrected chi connectivity index (χ2v) is 6.72. The van der Waals surface area contributed by atoms with Crippen LogP contribution in [0.15, 0.2) is 71.9 Å². The van der Waals surface area contributed by atoms with Gasteiger partial charge in [0.05, 0.1) is 17.2 Å². The summed E-state index contributed by atoms with van der Waals surface area (Å²) in [4.78, 5) is 17.4. The summed E-state index contributed by atoms with van der Waals surface area (Å²) in [6, 6.07) is 13.9. The van der Waals surface area contributed by atoms with Crippen molar-refractivity contribution < 1.29 is 4.39 Å². The van der Waals surface area contributed by atoms with Crippen LogP contribution in [-0.4, -0.2) is 19.7 Å². The van der Waals surface area contributed by atoms with Gasteiger partial charge in [0.25, 0.3) is 5.56 Å². The number of H-pyrrole nitrogens is 1. The molecule has 0 aliphatic heterocycles. The number of hydrogen-bond acceptors (Lipinski definition) is 3. The maximum absolute atomic E-state index is 13.8. The zero-order chi connectivity index (χ0) is 19.3. The molecule has 0 fully saturated rings. The van der Waals surface area contributed by atoms with Gasteiger partial charge in [-0.25, -0.2) is 4.39 Å². The summed E-state index contributed by atoms with van der Waals surface area (Å²) in [6.45, 7) is 1.69. The number of aryl methyl sites for hydroxylation is 1. The molecule has 3 heterocycles. The van der Waals surface area contributed by atoms with E-state index < -0.39 is 0 Å². The van der Waals surface area contributed by atoms with E-state index in [1.165, 1.54) is 12.1 Å². The lowest BCUT2D eigenvalue weighted by atomic mass is 10.0. The Labute approximate surface area is 159 Å². The van der Waals surface area contributed by atoms with Crippen molar-refractivity contribution in [3.63, 3.8) is 0 Å². The molecule has 28 heavy (non-hydrogen) atoms. The molecule has 0 saturated heterocycles. The van der Waals surface area contributed by atoms with Crippen molar-refractivity contribution in [2.45, 2.75) is 6.92 Å². The van der Waals surface area contributed by atoms with Gasteiger partial charge in [0.15, 0.2) is 0 Å². The quantitative estimate of drug-likeness (QED) is 0.469. The van der Waals surface area contributed by atoms with Gasteiger partial charge in [0.1, 0.15) is 5.82 Å². The van der Waals surface area contributed by atoms with Crippen LogP contribution in [0.3, 0.4) is 0 Å². The highest BCUT2D eigenvalue weighted by atomic mass is 19.1. The fraction of sp³-hybridized carbons (Fsp3) is 0.0455. The first-order chi connectivity index (χ1) is 13.6. The van der Waals surface area contributed by atoms with Crippen molar-refractivity contribution in [2.24, 2.45) is 0 Å². The summed E-state index contributed by atoms with van der Waals surface area (Å²) in [5.41, 5.74) is 4.36. The first kappa shape index (κ1) is 16.4. The molecule has 0 aliphatic carbocycles. The second kappa shape index (κ2) is 6.13. The molecule has 136 valence electrons. The number of aromatic nitrogens is 4. The first-order valence-electron chi connectivity index (χ1n) is 8.82. The Bertz CT molecular complexity index is 1400. The molecule has 5 aromatic rings. The molecule has 5 nitrogen and oxygen atoms in total. The average Bonchev–Trinajstić information content (AvgIpc) is 3.24. The topological polar surface area (TPSA) is 63.6 Å². The van der Waals surface area contributed by atoms with Crippen molar-refractivity contribution in [3.8, 4) is 16.8 Å². The lowest BCUT2D eigenvalue weighted by molar-refractivity contribution is 0.618. The van der Waals surface area contributed by atoms with Crippen molar-refractivity contribution in [1.29, 1.82) is 0 Å². The minimum Gasteiger partial charge on any atom is -0.285 e. The van der Waals surface area contributed by atoms with Crippen LogP contribution in [0.1, 0.15) is 5.56 Å². The highest BCUT2D eigenvalue weighted by Gasteiger charge is 2.12. The molecule has 3 aromatic heterocycles. The predicted octanol–water partition coefficient (Wildman–Crippen LogP) is 4.38. The molecular formula is C22H15FN4O. The van der Waals surface area contributed by atoms with Crippen LogP contribution in [-0.2, 0) is 0 Å². The highest BCUT2D eigenvalue weighted by molar-refractivity contribution is 6.05. The van der Waals surface area contributed by atoms with Gasteiger partial charge >= 0.3 is 0 Å². The number of benzene rings is 2. The molecule has 0 atom stereocenters. The van der Waals surface area contributed by atoms with E-state index in [-0.39, 0.29) is 11.4 Å². The molecule has 0 saturated carbocycles. The minimum atomic E-state index is -0.300. The van der Waals surface area contributed by atoms with Gasteiger partial charge < -0.3 is 0 Å². The van der Waals surface area contributed by atoms with Gasteiger partial charge in [-0.2, -0.15) is 5.10 Å². The van der Waals surface area contributed by atoms with Gasteiger partial charge in [0.2, 0.25) is 0 Å². The number of fused-ring (bicyclic) bond motifs is 3. The van der Waals surface area contributed by atoms with Crippen LogP contribution in [0.2, 0.25) is 0 Å². The molecule has 0 unspecified atom stereocenters. The lowest BCUT2D eigenvalue weighted by Gasteiger charge is -2.14. The summed E-state index contributed by atoms with van der Waals surface area (Å²) in [6.07, 6.45) is 5.31. The summed E-state index contributed by atoms with van der Waals surface area (Å²) in [7, 11) is 0. The summed E-state index contributed by atoms with van der Waals surface area (Å²) < 4.78 is 15.4. The number of pyridine rings is 2. The zero-order valence-electron chi connectivity index (χ0n) is 15.0. The van der Waals surface area contributed by atoms with E-state index in [0.717, 1.165) is 32.9 Å². The lowest BCUT2D eigenvalue weighted by Crippen LogP contribution is -2.18. The average molecular weight is 370 g/mol. The first-order valence-corrected chi connectivity index (χ1v) is 8.82. The Balaban J connectivity index is 1.91. The number of aromatic amines is 1. The van der Waals surface area contributed by atoms with Gasteiger partial charge in [-0.1, -0.05) is 6.07 Å². The molecule has 5 rings (SSSR count). The van der Waals surface area contributed by atoms with E-state index in [4.69, 9.17) is 0 Å². The Morgan fingerprint density at radius 3 is 2.68 bits per heavy atom. The molecule has 0 amide bonds. The zero-order valence-corrected chi connectivity index (χ0v) is 15.0. The van der Waals surface area contributed by atoms with E-state index in [0.29, 0.717) is 11.3 Å². The van der Waals surface area contributed by atoms with E-state index in [9.17, 15) is 9.18 Å². The summed E-state index contributed by atoms with van der Waals surface area (Å²) >= 11 is 0. The van der Waals surface area contributed by atoms with Gasteiger partial charge in [0, 0.05) is 40.5 Å². The molecule has 1 N–H and O–H groups in total. The van der Waals surface area contributed by atoms with Crippen LogP contribution in [0.5, 0.6) is 0 Å². The van der Waals surface area contributed by atoms with Crippen LogP contribution < -0.4 is 5.56 Å². The fourth-order valence-electron chi connectivity index (χ4n) is 3.52. The molecule has 2 aromatic carbocycles. The molecule has 6 heteroatoms. The second-order valence-electron chi connectivity index (χ2n) is 6.72. The maximum Gasteiger partial charge on any atom is 0.255 e. The minimum absolute atomic E-state index is 0.181. The normalized spacial score (nSPS) is 11.4. The van der Waals surface area contributed by atoms with E-state index in [1.807, 2.05) is 24.4 Å².